The second kappa shape index (κ2) is 6.99. The molecule has 0 aromatic heterocycles. The van der Waals surface area contributed by atoms with Crippen LogP contribution in [0.1, 0.15) is 26.7 Å². The molecule has 0 atom stereocenters. The number of nitrogens with one attached hydrogen (secondary N) is 1. The summed E-state index contributed by atoms with van der Waals surface area (Å²) in [5, 5.41) is 15.3. The molecular weight excluding hydrogens is 304 g/mol. The summed E-state index contributed by atoms with van der Waals surface area (Å²) in [7, 11) is 0. The van der Waals surface area contributed by atoms with Gasteiger partial charge in [-0.1, -0.05) is 42.2 Å². The van der Waals surface area contributed by atoms with E-state index in [1.807, 2.05) is 13.8 Å². The Balaban J connectivity index is 2.54. The molecular formula is C13H18Cl2FN3O. The normalized spacial score (nSPS) is 12.6. The highest BCUT2D eigenvalue weighted by atomic mass is 35.5. The second-order valence-corrected chi connectivity index (χ2v) is 5.96. The molecule has 0 spiro atoms. The Morgan fingerprint density at radius 2 is 1.95 bits per heavy atom. The Morgan fingerprint density at radius 3 is 2.45 bits per heavy atom. The molecule has 4 N–H and O–H groups in total. The SMILES string of the molecule is CC(C)(CCCNc1c(Cl)cc(F)cc1Cl)C(N)=NO. The summed E-state index contributed by atoms with van der Waals surface area (Å²) in [5.41, 5.74) is 5.72. The van der Waals surface area contributed by atoms with E-state index in [0.29, 0.717) is 18.7 Å². The number of nitrogens with zero attached hydrogens (tertiary/aromatic N) is 1. The van der Waals surface area contributed by atoms with Gasteiger partial charge in [0.1, 0.15) is 11.7 Å². The van der Waals surface area contributed by atoms with Crippen molar-refractivity contribution in [2.75, 3.05) is 11.9 Å². The molecule has 0 aliphatic rings. The summed E-state index contributed by atoms with van der Waals surface area (Å²) in [6.45, 7) is 4.37. The lowest BCUT2D eigenvalue weighted by Gasteiger charge is -2.22. The van der Waals surface area contributed by atoms with E-state index in [0.717, 1.165) is 6.42 Å². The van der Waals surface area contributed by atoms with E-state index in [1.54, 1.807) is 0 Å². The van der Waals surface area contributed by atoms with Gasteiger partial charge >= 0.3 is 0 Å². The summed E-state index contributed by atoms with van der Waals surface area (Å²) < 4.78 is 13.0. The number of nitrogens with two attached hydrogens (primary N) is 1. The van der Waals surface area contributed by atoms with Crippen LogP contribution in [0.4, 0.5) is 10.1 Å². The maximum atomic E-state index is 13.0. The van der Waals surface area contributed by atoms with E-state index in [9.17, 15) is 4.39 Å². The van der Waals surface area contributed by atoms with Crippen molar-refractivity contribution < 1.29 is 9.60 Å². The topological polar surface area (TPSA) is 70.6 Å². The average molecular weight is 322 g/mol. The lowest BCUT2D eigenvalue weighted by molar-refractivity contribution is 0.305. The molecule has 0 unspecified atom stereocenters. The zero-order chi connectivity index (χ0) is 15.3. The number of hydrogen-bond acceptors (Lipinski definition) is 3. The van der Waals surface area contributed by atoms with Gasteiger partial charge in [-0.05, 0) is 25.0 Å². The third-order valence-electron chi connectivity index (χ3n) is 3.09. The van der Waals surface area contributed by atoms with Crippen LogP contribution in [0.25, 0.3) is 0 Å². The molecule has 0 fully saturated rings. The zero-order valence-corrected chi connectivity index (χ0v) is 12.9. The van der Waals surface area contributed by atoms with E-state index in [-0.39, 0.29) is 15.9 Å². The highest BCUT2D eigenvalue weighted by molar-refractivity contribution is 6.39. The quantitative estimate of drug-likeness (QED) is 0.243. The van der Waals surface area contributed by atoms with E-state index in [4.69, 9.17) is 34.1 Å². The fourth-order valence-electron chi connectivity index (χ4n) is 1.72. The van der Waals surface area contributed by atoms with Gasteiger partial charge < -0.3 is 16.3 Å². The smallest absolute Gasteiger partial charge is 0.144 e. The minimum Gasteiger partial charge on any atom is -0.409 e. The third kappa shape index (κ3) is 4.42. The van der Waals surface area contributed by atoms with Crippen molar-refractivity contribution in [3.8, 4) is 0 Å². The van der Waals surface area contributed by atoms with Crippen molar-refractivity contribution in [1.29, 1.82) is 0 Å². The molecule has 112 valence electrons. The van der Waals surface area contributed by atoms with Crippen LogP contribution in [0.2, 0.25) is 10.0 Å². The number of benzene rings is 1. The zero-order valence-electron chi connectivity index (χ0n) is 11.4. The molecule has 0 saturated heterocycles. The molecule has 0 radical (unpaired) electrons. The Kier molecular flexibility index (Phi) is 5.89. The Morgan fingerprint density at radius 1 is 1.40 bits per heavy atom. The van der Waals surface area contributed by atoms with Gasteiger partial charge in [-0.3, -0.25) is 0 Å². The third-order valence-corrected chi connectivity index (χ3v) is 3.68. The molecule has 4 nitrogen and oxygen atoms in total. The van der Waals surface area contributed by atoms with Gasteiger partial charge in [-0.15, -0.1) is 0 Å². The lowest BCUT2D eigenvalue weighted by Crippen LogP contribution is -2.32. The van der Waals surface area contributed by atoms with E-state index < -0.39 is 11.2 Å². The van der Waals surface area contributed by atoms with E-state index in [2.05, 4.69) is 10.5 Å². The molecule has 1 aromatic rings. The maximum absolute atomic E-state index is 13.0. The summed E-state index contributed by atoms with van der Waals surface area (Å²) in [6, 6.07) is 2.41. The number of anilines is 1. The van der Waals surface area contributed by atoms with Crippen LogP contribution < -0.4 is 11.1 Å². The van der Waals surface area contributed by atoms with Crippen molar-refractivity contribution in [2.24, 2.45) is 16.3 Å². The fourth-order valence-corrected chi connectivity index (χ4v) is 2.31. The summed E-state index contributed by atoms with van der Waals surface area (Å²) in [4.78, 5) is 0. The fraction of sp³-hybridized carbons (Fsp3) is 0.462. The van der Waals surface area contributed by atoms with Crippen molar-refractivity contribution in [1.82, 2.24) is 0 Å². The molecule has 1 rings (SSSR count). The molecule has 0 amide bonds. The molecule has 0 saturated carbocycles. The molecule has 0 heterocycles. The predicted molar refractivity (Wildman–Crippen MR) is 81.3 cm³/mol. The molecule has 0 bridgehead atoms. The molecule has 20 heavy (non-hydrogen) atoms. The van der Waals surface area contributed by atoms with Crippen molar-refractivity contribution in [2.45, 2.75) is 26.7 Å². The largest absolute Gasteiger partial charge is 0.409 e. The van der Waals surface area contributed by atoms with Gasteiger partial charge in [0.05, 0.1) is 15.7 Å². The van der Waals surface area contributed by atoms with Crippen LogP contribution >= 0.6 is 23.2 Å². The number of halogens is 3. The summed E-state index contributed by atoms with van der Waals surface area (Å²) in [5.74, 6) is -0.283. The van der Waals surface area contributed by atoms with E-state index >= 15 is 0 Å². The molecule has 0 aliphatic carbocycles. The van der Waals surface area contributed by atoms with Crippen molar-refractivity contribution >= 4 is 34.7 Å². The lowest BCUT2D eigenvalue weighted by atomic mass is 9.86. The molecule has 7 heteroatoms. The van der Waals surface area contributed by atoms with Crippen LogP contribution in [0.5, 0.6) is 0 Å². The van der Waals surface area contributed by atoms with Gasteiger partial charge in [0, 0.05) is 12.0 Å². The standard InChI is InChI=1S/C13H18Cl2FN3O/c1-13(2,12(17)19-20)4-3-5-18-11-9(14)6-8(16)7-10(11)15/h6-7,18,20H,3-5H2,1-2H3,(H2,17,19). The van der Waals surface area contributed by atoms with Gasteiger partial charge in [0.2, 0.25) is 0 Å². The number of hydrogen-bond donors (Lipinski definition) is 3. The molecule has 0 aliphatic heterocycles. The van der Waals surface area contributed by atoms with Gasteiger partial charge in [0.25, 0.3) is 0 Å². The van der Waals surface area contributed by atoms with Crippen LogP contribution in [-0.4, -0.2) is 17.6 Å². The number of oxime groups is 1. The van der Waals surface area contributed by atoms with Crippen LogP contribution in [-0.2, 0) is 0 Å². The number of amidine groups is 1. The molecule has 1 aromatic carbocycles. The van der Waals surface area contributed by atoms with Crippen molar-refractivity contribution in [3.05, 3.63) is 28.0 Å². The Bertz CT molecular complexity index is 483. The Labute approximate surface area is 127 Å². The van der Waals surface area contributed by atoms with Gasteiger partial charge in [-0.25, -0.2) is 4.39 Å². The first-order chi connectivity index (χ1) is 9.27. The maximum Gasteiger partial charge on any atom is 0.144 e. The summed E-state index contributed by atoms with van der Waals surface area (Å²) >= 11 is 11.8. The highest BCUT2D eigenvalue weighted by Gasteiger charge is 2.22. The summed E-state index contributed by atoms with van der Waals surface area (Å²) in [6.07, 6.45) is 1.47. The van der Waals surface area contributed by atoms with Gasteiger partial charge in [0.15, 0.2) is 0 Å². The first-order valence-corrected chi connectivity index (χ1v) is 6.90. The van der Waals surface area contributed by atoms with Crippen molar-refractivity contribution in [3.63, 3.8) is 0 Å². The monoisotopic (exact) mass is 321 g/mol. The minimum absolute atomic E-state index is 0.190. The van der Waals surface area contributed by atoms with Gasteiger partial charge in [-0.2, -0.15) is 0 Å². The first kappa shape index (κ1) is 16.9. The average Bonchev–Trinajstić information content (AvgIpc) is 2.35. The second-order valence-electron chi connectivity index (χ2n) is 5.14. The minimum atomic E-state index is -0.474. The highest BCUT2D eigenvalue weighted by Crippen LogP contribution is 2.31. The Hall–Kier alpha value is -1.20. The predicted octanol–water partition coefficient (Wildman–Crippen LogP) is 4.10. The van der Waals surface area contributed by atoms with E-state index in [1.165, 1.54) is 12.1 Å². The first-order valence-electron chi connectivity index (χ1n) is 6.14. The van der Waals surface area contributed by atoms with Crippen LogP contribution in [0.15, 0.2) is 17.3 Å². The van der Waals surface area contributed by atoms with Crippen LogP contribution in [0, 0.1) is 11.2 Å². The van der Waals surface area contributed by atoms with Crippen LogP contribution in [0.3, 0.4) is 0 Å². The number of rotatable bonds is 6.